The topological polar surface area (TPSA) is 88.3 Å². The Kier molecular flexibility index (Phi) is 5.22. The molecule has 21 heavy (non-hydrogen) atoms. The molecule has 1 amide bonds. The van der Waals surface area contributed by atoms with E-state index < -0.39 is 5.97 Å². The van der Waals surface area contributed by atoms with Gasteiger partial charge in [-0.3, -0.25) is 14.2 Å². The molecule has 1 N–H and O–H groups in total. The minimum absolute atomic E-state index is 0.0128. The average molecular weight is 312 g/mol. The monoisotopic (exact) mass is 312 g/mol. The first-order valence-corrected chi connectivity index (χ1v) is 8.10. The highest BCUT2D eigenvalue weighted by molar-refractivity contribution is 7.99. The number of likely N-dealkylation sites (N-methyl/N-ethyl adjacent to an activating group) is 1. The van der Waals surface area contributed by atoms with E-state index in [9.17, 15) is 9.59 Å². The molecule has 0 atom stereocenters. The number of hydrogen-bond acceptors (Lipinski definition) is 5. The fourth-order valence-electron chi connectivity index (χ4n) is 2.14. The van der Waals surface area contributed by atoms with Crippen molar-refractivity contribution in [2.75, 3.05) is 18.8 Å². The summed E-state index contributed by atoms with van der Waals surface area (Å²) in [7, 11) is 0. The summed E-state index contributed by atoms with van der Waals surface area (Å²) in [5.74, 6) is 0.198. The van der Waals surface area contributed by atoms with Crippen molar-refractivity contribution in [3.8, 4) is 0 Å². The quantitative estimate of drug-likeness (QED) is 0.726. The summed E-state index contributed by atoms with van der Waals surface area (Å²) in [6.07, 6.45) is 2.11. The summed E-state index contributed by atoms with van der Waals surface area (Å²) in [6.45, 7) is 5.38. The summed E-state index contributed by atoms with van der Waals surface area (Å²) >= 11 is 1.11. The Hall–Kier alpha value is -1.57. The number of aliphatic carboxylic acids is 1. The number of hydrogen-bond donors (Lipinski definition) is 1. The molecule has 2 rings (SSSR count). The van der Waals surface area contributed by atoms with Crippen molar-refractivity contribution in [1.82, 2.24) is 19.7 Å². The molecule has 0 saturated heterocycles. The number of carboxylic acids is 1. The van der Waals surface area contributed by atoms with Crippen LogP contribution in [0.4, 0.5) is 0 Å². The van der Waals surface area contributed by atoms with Gasteiger partial charge in [0.1, 0.15) is 12.4 Å². The van der Waals surface area contributed by atoms with E-state index in [1.54, 1.807) is 9.47 Å². The van der Waals surface area contributed by atoms with Crippen LogP contribution >= 0.6 is 11.8 Å². The zero-order valence-electron chi connectivity index (χ0n) is 12.3. The van der Waals surface area contributed by atoms with E-state index in [1.165, 1.54) is 0 Å². The SMILES string of the molecule is CCN(CC)C(=O)Cn1c(SCC(=O)O)nnc1C1CC1. The second-order valence-corrected chi connectivity index (χ2v) is 5.89. The number of carbonyl (C=O) groups excluding carboxylic acids is 1. The highest BCUT2D eigenvalue weighted by Crippen LogP contribution is 2.40. The molecule has 1 aromatic heterocycles. The molecule has 1 fully saturated rings. The number of nitrogens with zero attached hydrogens (tertiary/aromatic N) is 4. The Bertz CT molecular complexity index is 523. The van der Waals surface area contributed by atoms with E-state index in [0.29, 0.717) is 24.2 Å². The molecule has 0 aromatic carbocycles. The molecule has 7 nitrogen and oxygen atoms in total. The van der Waals surface area contributed by atoms with E-state index in [4.69, 9.17) is 5.11 Å². The van der Waals surface area contributed by atoms with Crippen LogP contribution in [0.3, 0.4) is 0 Å². The van der Waals surface area contributed by atoms with Crippen LogP contribution in [-0.4, -0.2) is 55.5 Å². The van der Waals surface area contributed by atoms with Gasteiger partial charge in [0.25, 0.3) is 0 Å². The molecule has 0 unspecified atom stereocenters. The van der Waals surface area contributed by atoms with E-state index in [2.05, 4.69) is 10.2 Å². The lowest BCUT2D eigenvalue weighted by Crippen LogP contribution is -2.34. The van der Waals surface area contributed by atoms with E-state index in [0.717, 1.165) is 30.4 Å². The molecule has 0 aliphatic heterocycles. The number of aromatic nitrogens is 3. The summed E-state index contributed by atoms with van der Waals surface area (Å²) in [5, 5.41) is 17.5. The molecule has 0 bridgehead atoms. The predicted octanol–water partition coefficient (Wildman–Crippen LogP) is 1.20. The maximum Gasteiger partial charge on any atom is 0.313 e. The molecule has 1 heterocycles. The van der Waals surface area contributed by atoms with Crippen molar-refractivity contribution in [2.45, 2.75) is 44.3 Å². The molecule has 1 aromatic rings. The third-order valence-electron chi connectivity index (χ3n) is 3.42. The van der Waals surface area contributed by atoms with Gasteiger partial charge in [-0.15, -0.1) is 10.2 Å². The predicted molar refractivity (Wildman–Crippen MR) is 78.3 cm³/mol. The van der Waals surface area contributed by atoms with Gasteiger partial charge in [0.2, 0.25) is 5.91 Å². The van der Waals surface area contributed by atoms with Crippen molar-refractivity contribution in [3.63, 3.8) is 0 Å². The summed E-state index contributed by atoms with van der Waals surface area (Å²) in [6, 6.07) is 0. The van der Waals surface area contributed by atoms with E-state index in [-0.39, 0.29) is 18.2 Å². The van der Waals surface area contributed by atoms with E-state index in [1.807, 2.05) is 13.8 Å². The molecule has 1 saturated carbocycles. The van der Waals surface area contributed by atoms with Gasteiger partial charge in [0.15, 0.2) is 5.16 Å². The van der Waals surface area contributed by atoms with Gasteiger partial charge in [-0.25, -0.2) is 0 Å². The number of carbonyl (C=O) groups is 2. The van der Waals surface area contributed by atoms with E-state index >= 15 is 0 Å². The molecule has 0 radical (unpaired) electrons. The maximum atomic E-state index is 12.3. The standard InChI is InChI=1S/C13H20N4O3S/c1-3-16(4-2)10(18)7-17-12(9-5-6-9)14-15-13(17)21-8-11(19)20/h9H,3-8H2,1-2H3,(H,19,20). The van der Waals surface area contributed by atoms with Crippen molar-refractivity contribution in [3.05, 3.63) is 5.82 Å². The lowest BCUT2D eigenvalue weighted by Gasteiger charge is -2.19. The van der Waals surface area contributed by atoms with Gasteiger partial charge < -0.3 is 10.0 Å². The zero-order valence-corrected chi connectivity index (χ0v) is 13.1. The van der Waals surface area contributed by atoms with Crippen molar-refractivity contribution in [2.24, 2.45) is 0 Å². The Balaban J connectivity index is 2.16. The van der Waals surface area contributed by atoms with Gasteiger partial charge in [0.05, 0.1) is 5.75 Å². The number of rotatable bonds is 8. The molecule has 1 aliphatic rings. The Morgan fingerprint density at radius 1 is 1.33 bits per heavy atom. The third-order valence-corrected chi connectivity index (χ3v) is 4.37. The highest BCUT2D eigenvalue weighted by Gasteiger charge is 2.31. The first-order valence-electron chi connectivity index (χ1n) is 7.12. The van der Waals surface area contributed by atoms with Crippen molar-refractivity contribution < 1.29 is 14.7 Å². The largest absolute Gasteiger partial charge is 0.481 e. The van der Waals surface area contributed by atoms with Gasteiger partial charge in [-0.2, -0.15) is 0 Å². The molecule has 1 aliphatic carbocycles. The highest BCUT2D eigenvalue weighted by atomic mass is 32.2. The minimum Gasteiger partial charge on any atom is -0.481 e. The number of amides is 1. The van der Waals surface area contributed by atoms with Crippen molar-refractivity contribution >= 4 is 23.6 Å². The maximum absolute atomic E-state index is 12.3. The lowest BCUT2D eigenvalue weighted by atomic mass is 10.4. The Morgan fingerprint density at radius 2 is 2.00 bits per heavy atom. The van der Waals surface area contributed by atoms with Gasteiger partial charge in [-0.05, 0) is 26.7 Å². The number of carboxylic acid groups (broad SMARTS) is 1. The molecule has 8 heteroatoms. The van der Waals surface area contributed by atoms with Gasteiger partial charge in [-0.1, -0.05) is 11.8 Å². The van der Waals surface area contributed by atoms with Crippen LogP contribution in [-0.2, 0) is 16.1 Å². The van der Waals surface area contributed by atoms with Crippen LogP contribution in [0.25, 0.3) is 0 Å². The number of thioether (sulfide) groups is 1. The average Bonchev–Trinajstić information content (AvgIpc) is 3.21. The fourth-order valence-corrected chi connectivity index (χ4v) is 2.80. The minimum atomic E-state index is -0.905. The normalized spacial score (nSPS) is 14.2. The second-order valence-electron chi connectivity index (χ2n) is 4.95. The van der Waals surface area contributed by atoms with Gasteiger partial charge >= 0.3 is 5.97 Å². The van der Waals surface area contributed by atoms with Gasteiger partial charge in [0, 0.05) is 19.0 Å². The zero-order chi connectivity index (χ0) is 15.4. The van der Waals surface area contributed by atoms with Crippen LogP contribution in [0.1, 0.15) is 38.4 Å². The molecule has 116 valence electrons. The van der Waals surface area contributed by atoms with Crippen LogP contribution in [0.5, 0.6) is 0 Å². The first-order chi connectivity index (χ1) is 10.1. The summed E-state index contributed by atoms with van der Waals surface area (Å²) in [4.78, 5) is 24.7. The van der Waals surface area contributed by atoms with Crippen LogP contribution in [0.15, 0.2) is 5.16 Å². The van der Waals surface area contributed by atoms with Crippen LogP contribution in [0, 0.1) is 0 Å². The molecular weight excluding hydrogens is 292 g/mol. The third kappa shape index (κ3) is 3.96. The fraction of sp³-hybridized carbons (Fsp3) is 0.692. The second kappa shape index (κ2) is 6.93. The summed E-state index contributed by atoms with van der Waals surface area (Å²) in [5.41, 5.74) is 0. The Labute approximate surface area is 127 Å². The van der Waals surface area contributed by atoms with Crippen molar-refractivity contribution in [1.29, 1.82) is 0 Å². The smallest absolute Gasteiger partial charge is 0.313 e. The lowest BCUT2D eigenvalue weighted by molar-refractivity contribution is -0.134. The first kappa shape index (κ1) is 15.8. The molecule has 0 spiro atoms. The molecular formula is C13H20N4O3S. The van der Waals surface area contributed by atoms with Crippen LogP contribution < -0.4 is 0 Å². The van der Waals surface area contributed by atoms with Crippen LogP contribution in [0.2, 0.25) is 0 Å². The summed E-state index contributed by atoms with van der Waals surface area (Å²) < 4.78 is 1.78. The Morgan fingerprint density at radius 3 is 2.52 bits per heavy atom.